The summed E-state index contributed by atoms with van der Waals surface area (Å²) in [6, 6.07) is 6.73. The van der Waals surface area contributed by atoms with Crippen LogP contribution in [-0.2, 0) is 4.74 Å². The molecule has 1 aromatic carbocycles. The van der Waals surface area contributed by atoms with Crippen molar-refractivity contribution in [1.82, 2.24) is 0 Å². The van der Waals surface area contributed by atoms with Gasteiger partial charge in [0, 0.05) is 12.2 Å². The third-order valence-electron chi connectivity index (χ3n) is 1.99. The molecule has 0 radical (unpaired) electrons. The van der Waals surface area contributed by atoms with Crippen LogP contribution < -0.4 is 5.32 Å². The smallest absolute Gasteiger partial charge is 0.335 e. The minimum Gasteiger partial charge on any atom is -0.478 e. The summed E-state index contributed by atoms with van der Waals surface area (Å²) in [6.45, 7) is 5.23. The Kier molecular flexibility index (Phi) is 4.79. The van der Waals surface area contributed by atoms with E-state index in [0.29, 0.717) is 13.2 Å². The van der Waals surface area contributed by atoms with Crippen molar-refractivity contribution in [1.29, 1.82) is 0 Å². The molecule has 16 heavy (non-hydrogen) atoms. The van der Waals surface area contributed by atoms with Crippen molar-refractivity contribution in [2.24, 2.45) is 0 Å². The first kappa shape index (κ1) is 12.5. The molecular formula is C12H17NO3. The minimum absolute atomic E-state index is 0.215. The number of carboxylic acid groups (broad SMARTS) is 1. The van der Waals surface area contributed by atoms with Crippen LogP contribution in [0.2, 0.25) is 0 Å². The molecule has 0 atom stereocenters. The topological polar surface area (TPSA) is 58.6 Å². The van der Waals surface area contributed by atoms with Gasteiger partial charge in [0.05, 0.1) is 18.3 Å². The Morgan fingerprint density at radius 2 is 2.25 bits per heavy atom. The predicted molar refractivity (Wildman–Crippen MR) is 63.0 cm³/mol. The summed E-state index contributed by atoms with van der Waals surface area (Å²) in [4.78, 5) is 10.7. The van der Waals surface area contributed by atoms with Crippen LogP contribution in [0.3, 0.4) is 0 Å². The number of carbonyl (C=O) groups is 1. The summed E-state index contributed by atoms with van der Waals surface area (Å²) in [5, 5.41) is 11.9. The van der Waals surface area contributed by atoms with Gasteiger partial charge >= 0.3 is 5.97 Å². The average molecular weight is 223 g/mol. The fourth-order valence-electron chi connectivity index (χ4n) is 1.25. The maximum atomic E-state index is 10.7. The van der Waals surface area contributed by atoms with Crippen molar-refractivity contribution in [3.8, 4) is 0 Å². The molecule has 88 valence electrons. The Morgan fingerprint density at radius 1 is 1.50 bits per heavy atom. The highest BCUT2D eigenvalue weighted by atomic mass is 16.5. The second kappa shape index (κ2) is 6.12. The lowest BCUT2D eigenvalue weighted by Crippen LogP contribution is -2.13. The molecule has 0 fully saturated rings. The predicted octanol–water partition coefficient (Wildman–Crippen LogP) is 2.22. The maximum Gasteiger partial charge on any atom is 0.335 e. The third kappa shape index (κ3) is 4.31. The number of anilines is 1. The van der Waals surface area contributed by atoms with Crippen molar-refractivity contribution >= 4 is 11.7 Å². The molecule has 0 aliphatic rings. The quantitative estimate of drug-likeness (QED) is 0.726. The number of ether oxygens (including phenoxy) is 1. The Bertz CT molecular complexity index is 350. The van der Waals surface area contributed by atoms with Gasteiger partial charge in [-0.2, -0.15) is 0 Å². The molecule has 0 heterocycles. The van der Waals surface area contributed by atoms with E-state index in [1.807, 2.05) is 19.9 Å². The Balaban J connectivity index is 2.42. The largest absolute Gasteiger partial charge is 0.478 e. The zero-order chi connectivity index (χ0) is 12.0. The molecule has 0 spiro atoms. The lowest BCUT2D eigenvalue weighted by Gasteiger charge is -2.09. The minimum atomic E-state index is -0.915. The molecule has 4 nitrogen and oxygen atoms in total. The normalized spacial score (nSPS) is 10.4. The Labute approximate surface area is 95.2 Å². The van der Waals surface area contributed by atoms with Gasteiger partial charge in [-0.15, -0.1) is 0 Å². The van der Waals surface area contributed by atoms with Crippen molar-refractivity contribution in [2.75, 3.05) is 18.5 Å². The van der Waals surface area contributed by atoms with Gasteiger partial charge in [-0.1, -0.05) is 6.07 Å². The zero-order valence-electron chi connectivity index (χ0n) is 9.56. The van der Waals surface area contributed by atoms with E-state index in [-0.39, 0.29) is 11.7 Å². The fourth-order valence-corrected chi connectivity index (χ4v) is 1.25. The first-order chi connectivity index (χ1) is 7.59. The molecule has 0 aliphatic heterocycles. The molecule has 0 amide bonds. The summed E-state index contributed by atoms with van der Waals surface area (Å²) in [5.74, 6) is -0.915. The van der Waals surface area contributed by atoms with Crippen LogP contribution in [-0.4, -0.2) is 30.3 Å². The molecule has 0 saturated carbocycles. The maximum absolute atomic E-state index is 10.7. The molecule has 0 aromatic heterocycles. The SMILES string of the molecule is CC(C)OCCNc1cccc(C(=O)O)c1. The number of hydrogen-bond acceptors (Lipinski definition) is 3. The van der Waals surface area contributed by atoms with E-state index in [0.717, 1.165) is 5.69 Å². The Morgan fingerprint density at radius 3 is 2.88 bits per heavy atom. The Hall–Kier alpha value is -1.55. The average Bonchev–Trinajstić information content (AvgIpc) is 2.24. The summed E-state index contributed by atoms with van der Waals surface area (Å²) in [7, 11) is 0. The highest BCUT2D eigenvalue weighted by molar-refractivity contribution is 5.88. The number of carboxylic acids is 1. The van der Waals surface area contributed by atoms with Gasteiger partial charge in [0.25, 0.3) is 0 Å². The molecule has 0 aliphatic carbocycles. The summed E-state index contributed by atoms with van der Waals surface area (Å²) in [6.07, 6.45) is 0.215. The van der Waals surface area contributed by atoms with Crippen molar-refractivity contribution in [3.05, 3.63) is 29.8 Å². The van der Waals surface area contributed by atoms with Gasteiger partial charge in [0.15, 0.2) is 0 Å². The third-order valence-corrected chi connectivity index (χ3v) is 1.99. The van der Waals surface area contributed by atoms with Gasteiger partial charge in [0.2, 0.25) is 0 Å². The molecular weight excluding hydrogens is 206 g/mol. The van der Waals surface area contributed by atoms with Gasteiger partial charge in [-0.05, 0) is 32.0 Å². The summed E-state index contributed by atoms with van der Waals surface area (Å²) in [5.41, 5.74) is 1.09. The van der Waals surface area contributed by atoms with Crippen LogP contribution in [0, 0.1) is 0 Å². The van der Waals surface area contributed by atoms with E-state index in [4.69, 9.17) is 9.84 Å². The van der Waals surface area contributed by atoms with Gasteiger partial charge in [-0.25, -0.2) is 4.79 Å². The van der Waals surface area contributed by atoms with E-state index in [9.17, 15) is 4.79 Å². The van der Waals surface area contributed by atoms with E-state index in [1.54, 1.807) is 18.2 Å². The van der Waals surface area contributed by atoms with Crippen LogP contribution in [0.1, 0.15) is 24.2 Å². The lowest BCUT2D eigenvalue weighted by molar-refractivity contribution is 0.0697. The van der Waals surface area contributed by atoms with Crippen LogP contribution in [0.15, 0.2) is 24.3 Å². The van der Waals surface area contributed by atoms with Crippen molar-refractivity contribution in [2.45, 2.75) is 20.0 Å². The van der Waals surface area contributed by atoms with Gasteiger partial charge in [-0.3, -0.25) is 0 Å². The number of rotatable bonds is 6. The van der Waals surface area contributed by atoms with Crippen LogP contribution in [0.5, 0.6) is 0 Å². The number of nitrogens with one attached hydrogen (secondary N) is 1. The van der Waals surface area contributed by atoms with E-state index in [2.05, 4.69) is 5.32 Å². The highest BCUT2D eigenvalue weighted by Gasteiger charge is 2.02. The molecule has 1 rings (SSSR count). The zero-order valence-corrected chi connectivity index (χ0v) is 9.56. The van der Waals surface area contributed by atoms with Gasteiger partial charge < -0.3 is 15.2 Å². The van der Waals surface area contributed by atoms with Crippen LogP contribution in [0.4, 0.5) is 5.69 Å². The van der Waals surface area contributed by atoms with Gasteiger partial charge in [0.1, 0.15) is 0 Å². The number of aromatic carboxylic acids is 1. The molecule has 2 N–H and O–H groups in total. The molecule has 4 heteroatoms. The van der Waals surface area contributed by atoms with E-state index < -0.39 is 5.97 Å². The first-order valence-corrected chi connectivity index (χ1v) is 5.28. The highest BCUT2D eigenvalue weighted by Crippen LogP contribution is 2.10. The van der Waals surface area contributed by atoms with E-state index >= 15 is 0 Å². The van der Waals surface area contributed by atoms with Crippen LogP contribution in [0.25, 0.3) is 0 Å². The van der Waals surface area contributed by atoms with Crippen LogP contribution >= 0.6 is 0 Å². The van der Waals surface area contributed by atoms with Crippen molar-refractivity contribution in [3.63, 3.8) is 0 Å². The summed E-state index contributed by atoms with van der Waals surface area (Å²) < 4.78 is 5.36. The molecule has 0 unspecified atom stereocenters. The molecule has 0 bridgehead atoms. The number of hydrogen-bond donors (Lipinski definition) is 2. The lowest BCUT2D eigenvalue weighted by atomic mass is 10.2. The summed E-state index contributed by atoms with van der Waals surface area (Å²) >= 11 is 0. The van der Waals surface area contributed by atoms with Crippen molar-refractivity contribution < 1.29 is 14.6 Å². The number of benzene rings is 1. The fraction of sp³-hybridized carbons (Fsp3) is 0.417. The second-order valence-corrected chi connectivity index (χ2v) is 3.73. The second-order valence-electron chi connectivity index (χ2n) is 3.73. The monoisotopic (exact) mass is 223 g/mol. The standard InChI is InChI=1S/C12H17NO3/c1-9(2)16-7-6-13-11-5-3-4-10(8-11)12(14)15/h3-5,8-9,13H,6-7H2,1-2H3,(H,14,15). The van der Waals surface area contributed by atoms with E-state index in [1.165, 1.54) is 0 Å². The molecule has 0 saturated heterocycles. The first-order valence-electron chi connectivity index (χ1n) is 5.28. The molecule has 1 aromatic rings.